The zero-order valence-corrected chi connectivity index (χ0v) is 10.6. The maximum Gasteiger partial charge on any atom is 0.218 e. The van der Waals surface area contributed by atoms with Gasteiger partial charge in [-0.15, -0.1) is 0 Å². The molecule has 0 aromatic carbocycles. The second-order valence-electron chi connectivity index (χ2n) is 4.60. The van der Waals surface area contributed by atoms with Crippen LogP contribution < -0.4 is 10.1 Å². The van der Waals surface area contributed by atoms with Gasteiger partial charge in [-0.05, 0) is 25.7 Å². The zero-order valence-electron chi connectivity index (χ0n) is 10.6. The summed E-state index contributed by atoms with van der Waals surface area (Å²) in [7, 11) is 0. The zero-order chi connectivity index (χ0) is 12.1. The Kier molecular flexibility index (Phi) is 4.18. The molecule has 1 aliphatic rings. The first-order valence-corrected chi connectivity index (χ1v) is 6.53. The van der Waals surface area contributed by atoms with Crippen LogP contribution in [0.5, 0.6) is 5.88 Å². The third kappa shape index (κ3) is 3.88. The summed E-state index contributed by atoms with van der Waals surface area (Å²) in [4.78, 5) is 8.30. The topological polar surface area (TPSA) is 47.0 Å². The number of hydrogen-bond donors (Lipinski definition) is 1. The summed E-state index contributed by atoms with van der Waals surface area (Å²) in [5, 5.41) is 3.47. The van der Waals surface area contributed by atoms with Gasteiger partial charge < -0.3 is 10.1 Å². The minimum Gasteiger partial charge on any atom is -0.478 e. The van der Waals surface area contributed by atoms with Crippen molar-refractivity contribution in [3.8, 4) is 5.88 Å². The van der Waals surface area contributed by atoms with E-state index in [9.17, 15) is 0 Å². The standard InChI is InChI=1S/C13H21N3O/c1-3-11(7-10-5-6-10)16-12-8-13(17-4-2)15-9-14-12/h8-11H,3-7H2,1-2H3,(H,14,15,16). The molecule has 0 saturated heterocycles. The number of nitrogens with zero attached hydrogens (tertiary/aromatic N) is 2. The summed E-state index contributed by atoms with van der Waals surface area (Å²) in [5.41, 5.74) is 0. The van der Waals surface area contributed by atoms with Crippen LogP contribution in [0, 0.1) is 5.92 Å². The predicted octanol–water partition coefficient (Wildman–Crippen LogP) is 2.87. The molecule has 1 aromatic heterocycles. The van der Waals surface area contributed by atoms with E-state index in [2.05, 4.69) is 22.2 Å². The van der Waals surface area contributed by atoms with Crippen molar-refractivity contribution in [2.24, 2.45) is 5.92 Å². The molecule has 1 aliphatic carbocycles. The van der Waals surface area contributed by atoms with Gasteiger partial charge in [-0.2, -0.15) is 0 Å². The second-order valence-corrected chi connectivity index (χ2v) is 4.60. The molecule has 0 aliphatic heterocycles. The third-order valence-electron chi connectivity index (χ3n) is 3.09. The van der Waals surface area contributed by atoms with Gasteiger partial charge in [-0.1, -0.05) is 19.8 Å². The molecular formula is C13H21N3O. The van der Waals surface area contributed by atoms with Crippen molar-refractivity contribution < 1.29 is 4.74 Å². The van der Waals surface area contributed by atoms with Crippen molar-refractivity contribution in [2.45, 2.75) is 45.6 Å². The van der Waals surface area contributed by atoms with Crippen LogP contribution in [0.1, 0.15) is 39.5 Å². The van der Waals surface area contributed by atoms with E-state index in [0.29, 0.717) is 18.5 Å². The minimum atomic E-state index is 0.520. The van der Waals surface area contributed by atoms with Gasteiger partial charge in [0.15, 0.2) is 0 Å². The van der Waals surface area contributed by atoms with Crippen LogP contribution in [-0.2, 0) is 0 Å². The van der Waals surface area contributed by atoms with E-state index in [0.717, 1.165) is 18.2 Å². The van der Waals surface area contributed by atoms with Crippen LogP contribution in [0.4, 0.5) is 5.82 Å². The molecule has 4 heteroatoms. The highest BCUT2D eigenvalue weighted by molar-refractivity contribution is 5.38. The normalized spacial score (nSPS) is 16.6. The van der Waals surface area contributed by atoms with Gasteiger partial charge in [0.25, 0.3) is 0 Å². The van der Waals surface area contributed by atoms with Crippen LogP contribution in [-0.4, -0.2) is 22.6 Å². The molecule has 1 atom stereocenters. The number of aromatic nitrogens is 2. The molecule has 0 amide bonds. The van der Waals surface area contributed by atoms with Gasteiger partial charge in [-0.3, -0.25) is 0 Å². The molecule has 1 saturated carbocycles. The highest BCUT2D eigenvalue weighted by Gasteiger charge is 2.24. The first-order chi connectivity index (χ1) is 8.31. The maximum absolute atomic E-state index is 5.36. The fraction of sp³-hybridized carbons (Fsp3) is 0.692. The Morgan fingerprint density at radius 2 is 2.24 bits per heavy atom. The average Bonchev–Trinajstić information content (AvgIpc) is 3.13. The lowest BCUT2D eigenvalue weighted by atomic mass is 10.1. The van der Waals surface area contributed by atoms with Gasteiger partial charge >= 0.3 is 0 Å². The smallest absolute Gasteiger partial charge is 0.218 e. The van der Waals surface area contributed by atoms with Crippen molar-refractivity contribution in [3.63, 3.8) is 0 Å². The highest BCUT2D eigenvalue weighted by Crippen LogP contribution is 2.34. The van der Waals surface area contributed by atoms with Crippen molar-refractivity contribution in [1.82, 2.24) is 9.97 Å². The second kappa shape index (κ2) is 5.84. The molecule has 1 aromatic rings. The minimum absolute atomic E-state index is 0.520. The Labute approximate surface area is 103 Å². The Hall–Kier alpha value is -1.32. The number of ether oxygens (including phenoxy) is 1. The Morgan fingerprint density at radius 3 is 2.88 bits per heavy atom. The van der Waals surface area contributed by atoms with E-state index < -0.39 is 0 Å². The van der Waals surface area contributed by atoms with Crippen LogP contribution >= 0.6 is 0 Å². The Morgan fingerprint density at radius 1 is 1.41 bits per heavy atom. The molecular weight excluding hydrogens is 214 g/mol. The molecule has 0 bridgehead atoms. The van der Waals surface area contributed by atoms with E-state index in [4.69, 9.17) is 4.74 Å². The van der Waals surface area contributed by atoms with Crippen LogP contribution in [0.15, 0.2) is 12.4 Å². The Balaban J connectivity index is 1.92. The van der Waals surface area contributed by atoms with E-state index in [1.54, 1.807) is 6.33 Å². The quantitative estimate of drug-likeness (QED) is 0.789. The molecule has 1 heterocycles. The van der Waals surface area contributed by atoms with Crippen LogP contribution in [0.3, 0.4) is 0 Å². The first-order valence-electron chi connectivity index (χ1n) is 6.53. The van der Waals surface area contributed by atoms with Gasteiger partial charge in [0.05, 0.1) is 6.61 Å². The number of rotatable bonds is 7. The van der Waals surface area contributed by atoms with Crippen LogP contribution in [0.2, 0.25) is 0 Å². The summed E-state index contributed by atoms with van der Waals surface area (Å²) in [6, 6.07) is 2.39. The van der Waals surface area contributed by atoms with Crippen molar-refractivity contribution in [2.75, 3.05) is 11.9 Å². The van der Waals surface area contributed by atoms with Gasteiger partial charge in [0.1, 0.15) is 12.1 Å². The lowest BCUT2D eigenvalue weighted by molar-refractivity contribution is 0.326. The molecule has 0 radical (unpaired) electrons. The van der Waals surface area contributed by atoms with Gasteiger partial charge in [0.2, 0.25) is 5.88 Å². The molecule has 0 spiro atoms. The van der Waals surface area contributed by atoms with E-state index in [1.165, 1.54) is 19.3 Å². The number of nitrogens with one attached hydrogen (secondary N) is 1. The molecule has 17 heavy (non-hydrogen) atoms. The largest absolute Gasteiger partial charge is 0.478 e. The molecule has 94 valence electrons. The monoisotopic (exact) mass is 235 g/mol. The number of hydrogen-bond acceptors (Lipinski definition) is 4. The third-order valence-corrected chi connectivity index (χ3v) is 3.09. The number of anilines is 1. The van der Waals surface area contributed by atoms with E-state index >= 15 is 0 Å². The van der Waals surface area contributed by atoms with Gasteiger partial charge in [-0.25, -0.2) is 9.97 Å². The van der Waals surface area contributed by atoms with E-state index in [1.807, 2.05) is 13.0 Å². The first kappa shape index (κ1) is 12.1. The summed E-state index contributed by atoms with van der Waals surface area (Å²) < 4.78 is 5.36. The Bertz CT molecular complexity index is 352. The lowest BCUT2D eigenvalue weighted by Gasteiger charge is -2.17. The fourth-order valence-electron chi connectivity index (χ4n) is 1.94. The predicted molar refractivity (Wildman–Crippen MR) is 68.2 cm³/mol. The summed E-state index contributed by atoms with van der Waals surface area (Å²) in [5.74, 6) is 2.45. The average molecular weight is 235 g/mol. The molecule has 1 unspecified atom stereocenters. The van der Waals surface area contributed by atoms with E-state index in [-0.39, 0.29) is 0 Å². The molecule has 2 rings (SSSR count). The molecule has 4 nitrogen and oxygen atoms in total. The lowest BCUT2D eigenvalue weighted by Crippen LogP contribution is -2.19. The summed E-state index contributed by atoms with van der Waals surface area (Å²) >= 11 is 0. The van der Waals surface area contributed by atoms with Crippen molar-refractivity contribution >= 4 is 5.82 Å². The summed E-state index contributed by atoms with van der Waals surface area (Å²) in [6.07, 6.45) is 6.73. The molecule has 1 fully saturated rings. The SMILES string of the molecule is CCOc1cc(NC(CC)CC2CC2)ncn1. The van der Waals surface area contributed by atoms with Gasteiger partial charge in [0, 0.05) is 12.1 Å². The maximum atomic E-state index is 5.36. The van der Waals surface area contributed by atoms with Crippen LogP contribution in [0.25, 0.3) is 0 Å². The highest BCUT2D eigenvalue weighted by atomic mass is 16.5. The molecule has 1 N–H and O–H groups in total. The summed E-state index contributed by atoms with van der Waals surface area (Å²) in [6.45, 7) is 4.80. The van der Waals surface area contributed by atoms with Crippen molar-refractivity contribution in [3.05, 3.63) is 12.4 Å². The van der Waals surface area contributed by atoms with Crippen molar-refractivity contribution in [1.29, 1.82) is 0 Å². The fourth-order valence-corrected chi connectivity index (χ4v) is 1.94.